The van der Waals surface area contributed by atoms with Gasteiger partial charge in [-0.1, -0.05) is 12.8 Å². The average molecular weight is 239 g/mol. The van der Waals surface area contributed by atoms with Crippen LogP contribution in [0, 0.1) is 5.92 Å². The number of thiazole rings is 1. The molecule has 0 atom stereocenters. The number of nitrogens with two attached hydrogens (primary N) is 1. The second-order valence-corrected chi connectivity index (χ2v) is 5.48. The van der Waals surface area contributed by atoms with E-state index < -0.39 is 0 Å². The van der Waals surface area contributed by atoms with Crippen LogP contribution in [0.1, 0.15) is 36.4 Å². The summed E-state index contributed by atoms with van der Waals surface area (Å²) in [6, 6.07) is 0. The Labute approximate surface area is 101 Å². The van der Waals surface area contributed by atoms with E-state index in [2.05, 4.69) is 15.7 Å². The fourth-order valence-corrected chi connectivity index (χ4v) is 2.62. The molecule has 4 heteroatoms. The van der Waals surface area contributed by atoms with Crippen LogP contribution in [-0.4, -0.2) is 18.1 Å². The first-order valence-corrected chi connectivity index (χ1v) is 7.10. The van der Waals surface area contributed by atoms with Crippen LogP contribution in [0.25, 0.3) is 0 Å². The van der Waals surface area contributed by atoms with Crippen molar-refractivity contribution in [1.29, 1.82) is 0 Å². The highest BCUT2D eigenvalue weighted by molar-refractivity contribution is 7.09. The molecule has 1 aromatic rings. The molecule has 1 fully saturated rings. The van der Waals surface area contributed by atoms with Gasteiger partial charge in [0.15, 0.2) is 0 Å². The Morgan fingerprint density at radius 2 is 2.38 bits per heavy atom. The molecule has 3 nitrogen and oxygen atoms in total. The van der Waals surface area contributed by atoms with Crippen molar-refractivity contribution in [3.8, 4) is 0 Å². The number of nitrogens with one attached hydrogen (secondary N) is 1. The number of hydrogen-bond donors (Lipinski definition) is 2. The maximum atomic E-state index is 5.49. The number of rotatable bonds is 8. The van der Waals surface area contributed by atoms with Gasteiger partial charge in [0.05, 0.1) is 10.7 Å². The zero-order valence-electron chi connectivity index (χ0n) is 9.74. The van der Waals surface area contributed by atoms with Crippen molar-refractivity contribution in [3.63, 3.8) is 0 Å². The van der Waals surface area contributed by atoms with E-state index in [0.29, 0.717) is 6.54 Å². The number of aromatic nitrogens is 1. The Morgan fingerprint density at radius 1 is 1.50 bits per heavy atom. The molecule has 1 aliphatic carbocycles. The monoisotopic (exact) mass is 239 g/mol. The van der Waals surface area contributed by atoms with Gasteiger partial charge in [-0.3, -0.25) is 0 Å². The molecule has 1 aliphatic rings. The SMILES string of the molecule is NCCc1nc(CNCCCC2CC2)cs1. The van der Waals surface area contributed by atoms with Crippen LogP contribution in [0.3, 0.4) is 0 Å². The Morgan fingerprint density at radius 3 is 3.12 bits per heavy atom. The Balaban J connectivity index is 1.56. The van der Waals surface area contributed by atoms with Crippen LogP contribution in [0.15, 0.2) is 5.38 Å². The summed E-state index contributed by atoms with van der Waals surface area (Å²) < 4.78 is 0. The molecule has 3 N–H and O–H groups in total. The first-order chi connectivity index (χ1) is 7.88. The highest BCUT2D eigenvalue weighted by Crippen LogP contribution is 2.33. The summed E-state index contributed by atoms with van der Waals surface area (Å²) in [4.78, 5) is 4.52. The van der Waals surface area contributed by atoms with Crippen LogP contribution in [0.2, 0.25) is 0 Å². The first-order valence-electron chi connectivity index (χ1n) is 6.22. The topological polar surface area (TPSA) is 50.9 Å². The molecule has 1 saturated carbocycles. The fraction of sp³-hybridized carbons (Fsp3) is 0.750. The minimum atomic E-state index is 0.696. The van der Waals surface area contributed by atoms with E-state index in [1.165, 1.54) is 31.4 Å². The summed E-state index contributed by atoms with van der Waals surface area (Å²) >= 11 is 1.72. The van der Waals surface area contributed by atoms with Gasteiger partial charge >= 0.3 is 0 Å². The lowest BCUT2D eigenvalue weighted by molar-refractivity contribution is 0.590. The van der Waals surface area contributed by atoms with Gasteiger partial charge in [0.2, 0.25) is 0 Å². The molecule has 0 unspecified atom stereocenters. The third-order valence-electron chi connectivity index (χ3n) is 2.93. The predicted molar refractivity (Wildman–Crippen MR) is 68.5 cm³/mol. The van der Waals surface area contributed by atoms with Crippen molar-refractivity contribution in [1.82, 2.24) is 10.3 Å². The summed E-state index contributed by atoms with van der Waals surface area (Å²) in [5, 5.41) is 6.76. The van der Waals surface area contributed by atoms with E-state index in [0.717, 1.165) is 30.4 Å². The van der Waals surface area contributed by atoms with Crippen molar-refractivity contribution in [2.75, 3.05) is 13.1 Å². The fourth-order valence-electron chi connectivity index (χ4n) is 1.81. The maximum Gasteiger partial charge on any atom is 0.0941 e. The third-order valence-corrected chi connectivity index (χ3v) is 3.88. The normalized spacial score (nSPS) is 15.6. The lowest BCUT2D eigenvalue weighted by Gasteiger charge is -2.01. The van der Waals surface area contributed by atoms with Gasteiger partial charge in [0.1, 0.15) is 0 Å². The van der Waals surface area contributed by atoms with Crippen LogP contribution in [0.4, 0.5) is 0 Å². The molecular formula is C12H21N3S. The van der Waals surface area contributed by atoms with Gasteiger partial charge in [-0.25, -0.2) is 4.98 Å². The molecule has 0 aromatic carbocycles. The summed E-state index contributed by atoms with van der Waals surface area (Å²) in [5.74, 6) is 1.05. The molecule has 1 aromatic heterocycles. The van der Waals surface area contributed by atoms with Gasteiger partial charge < -0.3 is 11.1 Å². The third kappa shape index (κ3) is 4.20. The van der Waals surface area contributed by atoms with Crippen molar-refractivity contribution in [2.45, 2.75) is 38.6 Å². The van der Waals surface area contributed by atoms with Crippen molar-refractivity contribution >= 4 is 11.3 Å². The highest BCUT2D eigenvalue weighted by atomic mass is 32.1. The van der Waals surface area contributed by atoms with Crippen LogP contribution in [-0.2, 0) is 13.0 Å². The summed E-state index contributed by atoms with van der Waals surface area (Å²) in [6.45, 7) is 2.73. The highest BCUT2D eigenvalue weighted by Gasteiger charge is 2.19. The van der Waals surface area contributed by atoms with Crippen LogP contribution in [0.5, 0.6) is 0 Å². The number of nitrogens with zero attached hydrogens (tertiary/aromatic N) is 1. The zero-order valence-corrected chi connectivity index (χ0v) is 10.6. The largest absolute Gasteiger partial charge is 0.330 e. The Kier molecular flexibility index (Phi) is 4.75. The molecule has 90 valence electrons. The molecule has 0 radical (unpaired) electrons. The van der Waals surface area contributed by atoms with Gasteiger partial charge in [-0.15, -0.1) is 11.3 Å². The van der Waals surface area contributed by atoms with E-state index in [4.69, 9.17) is 5.73 Å². The molecule has 0 saturated heterocycles. The van der Waals surface area contributed by atoms with E-state index in [-0.39, 0.29) is 0 Å². The molecule has 1 heterocycles. The van der Waals surface area contributed by atoms with Crippen LogP contribution < -0.4 is 11.1 Å². The zero-order chi connectivity index (χ0) is 11.2. The molecule has 16 heavy (non-hydrogen) atoms. The van der Waals surface area contributed by atoms with Gasteiger partial charge in [-0.2, -0.15) is 0 Å². The lowest BCUT2D eigenvalue weighted by Crippen LogP contribution is -2.15. The average Bonchev–Trinajstić information content (AvgIpc) is 2.99. The smallest absolute Gasteiger partial charge is 0.0941 e. The molecule has 0 aliphatic heterocycles. The van der Waals surface area contributed by atoms with Crippen molar-refractivity contribution in [2.24, 2.45) is 11.7 Å². The molecule has 0 bridgehead atoms. The molecular weight excluding hydrogens is 218 g/mol. The lowest BCUT2D eigenvalue weighted by atomic mass is 10.2. The minimum Gasteiger partial charge on any atom is -0.330 e. The quantitative estimate of drug-likeness (QED) is 0.682. The predicted octanol–water partition coefficient (Wildman–Crippen LogP) is 1.92. The molecule has 0 spiro atoms. The molecule has 0 amide bonds. The second-order valence-electron chi connectivity index (χ2n) is 4.53. The summed E-state index contributed by atoms with van der Waals surface area (Å²) in [6.07, 6.45) is 6.56. The maximum absolute atomic E-state index is 5.49. The van der Waals surface area contributed by atoms with Gasteiger partial charge in [0, 0.05) is 18.3 Å². The van der Waals surface area contributed by atoms with E-state index >= 15 is 0 Å². The Hall–Kier alpha value is -0.450. The van der Waals surface area contributed by atoms with Crippen molar-refractivity contribution < 1.29 is 0 Å². The minimum absolute atomic E-state index is 0.696. The second kappa shape index (κ2) is 6.33. The summed E-state index contributed by atoms with van der Waals surface area (Å²) in [7, 11) is 0. The van der Waals surface area contributed by atoms with E-state index in [9.17, 15) is 0 Å². The van der Waals surface area contributed by atoms with E-state index in [1.807, 2.05) is 0 Å². The van der Waals surface area contributed by atoms with Gasteiger partial charge in [0.25, 0.3) is 0 Å². The van der Waals surface area contributed by atoms with Crippen LogP contribution >= 0.6 is 11.3 Å². The Bertz CT molecular complexity index is 307. The number of hydrogen-bond acceptors (Lipinski definition) is 4. The standard InChI is InChI=1S/C12H21N3S/c13-6-5-12-15-11(9-16-12)8-14-7-1-2-10-3-4-10/h9-10,14H,1-8,13H2. The van der Waals surface area contributed by atoms with Crippen molar-refractivity contribution in [3.05, 3.63) is 16.1 Å². The first kappa shape index (κ1) is 12.0. The summed E-state index contributed by atoms with van der Waals surface area (Å²) in [5.41, 5.74) is 6.66. The van der Waals surface area contributed by atoms with Gasteiger partial charge in [-0.05, 0) is 31.8 Å². The van der Waals surface area contributed by atoms with E-state index in [1.54, 1.807) is 11.3 Å². The molecule has 2 rings (SSSR count).